The lowest BCUT2D eigenvalue weighted by atomic mass is 10.2. The van der Waals surface area contributed by atoms with Crippen LogP contribution >= 0.6 is 0 Å². The van der Waals surface area contributed by atoms with Gasteiger partial charge in [0.1, 0.15) is 17.3 Å². The van der Waals surface area contributed by atoms with E-state index in [1.54, 1.807) is 0 Å². The molecule has 0 aliphatic rings. The van der Waals surface area contributed by atoms with Crippen LogP contribution in [0.25, 0.3) is 0 Å². The zero-order valence-corrected chi connectivity index (χ0v) is 13.7. The van der Waals surface area contributed by atoms with Crippen molar-refractivity contribution in [2.24, 2.45) is 0 Å². The van der Waals surface area contributed by atoms with Gasteiger partial charge in [-0.2, -0.15) is 13.2 Å². The molecule has 0 fully saturated rings. The van der Waals surface area contributed by atoms with Gasteiger partial charge in [0, 0.05) is 6.07 Å². The smallest absolute Gasteiger partial charge is 0.416 e. The summed E-state index contributed by atoms with van der Waals surface area (Å²) in [6.45, 7) is -1.11. The van der Waals surface area contributed by atoms with Gasteiger partial charge in [0.25, 0.3) is 11.8 Å². The molecule has 0 aliphatic heterocycles. The summed E-state index contributed by atoms with van der Waals surface area (Å²) in [6, 6.07) is 9.14. The first-order chi connectivity index (χ1) is 12.7. The van der Waals surface area contributed by atoms with Gasteiger partial charge in [0.05, 0.1) is 5.56 Å². The van der Waals surface area contributed by atoms with E-state index in [9.17, 15) is 27.2 Å². The second kappa shape index (κ2) is 8.88. The maximum atomic E-state index is 12.9. The van der Waals surface area contributed by atoms with Gasteiger partial charge in [0.15, 0.2) is 13.2 Å². The summed E-state index contributed by atoms with van der Waals surface area (Å²) >= 11 is 0. The first-order valence-electron chi connectivity index (χ1n) is 7.50. The monoisotopic (exact) mass is 386 g/mol. The molecular weight excluding hydrogens is 372 g/mol. The lowest BCUT2D eigenvalue weighted by molar-refractivity contribution is -0.137. The first-order valence-corrected chi connectivity index (χ1v) is 7.50. The van der Waals surface area contributed by atoms with E-state index in [4.69, 9.17) is 9.47 Å². The van der Waals surface area contributed by atoms with Gasteiger partial charge >= 0.3 is 6.18 Å². The fourth-order valence-corrected chi connectivity index (χ4v) is 1.83. The van der Waals surface area contributed by atoms with Crippen molar-refractivity contribution >= 4 is 11.8 Å². The molecule has 0 unspecified atom stereocenters. The standard InChI is InChI=1S/C17H14F4N2O4/c18-12-4-2-6-14(8-12)27-10-16(25)23-22-15(24)9-26-13-5-1-3-11(7-13)17(19,20)21/h1-8H,9-10H2,(H,22,24)(H,23,25). The number of carbonyl (C=O) groups excluding carboxylic acids is 2. The minimum absolute atomic E-state index is 0.129. The molecule has 2 amide bonds. The number of ether oxygens (including phenoxy) is 2. The number of carbonyl (C=O) groups is 2. The van der Waals surface area contributed by atoms with E-state index in [0.29, 0.717) is 0 Å². The van der Waals surface area contributed by atoms with Crippen LogP contribution in [0.2, 0.25) is 0 Å². The summed E-state index contributed by atoms with van der Waals surface area (Å²) in [5.41, 5.74) is 3.11. The summed E-state index contributed by atoms with van der Waals surface area (Å²) in [6.07, 6.45) is -4.53. The van der Waals surface area contributed by atoms with Crippen LogP contribution in [0, 0.1) is 5.82 Å². The van der Waals surface area contributed by atoms with E-state index in [2.05, 4.69) is 0 Å². The normalized spacial score (nSPS) is 10.8. The molecule has 0 atom stereocenters. The zero-order valence-electron chi connectivity index (χ0n) is 13.7. The molecule has 0 bridgehead atoms. The van der Waals surface area contributed by atoms with Crippen LogP contribution in [0.1, 0.15) is 5.56 Å². The lowest BCUT2D eigenvalue weighted by Crippen LogP contribution is -2.45. The first kappa shape index (κ1) is 20.0. The number of hydrogen-bond donors (Lipinski definition) is 2. The molecule has 0 aromatic heterocycles. The van der Waals surface area contributed by atoms with Crippen molar-refractivity contribution in [1.82, 2.24) is 10.9 Å². The second-order valence-electron chi connectivity index (χ2n) is 5.16. The molecule has 2 rings (SSSR count). The van der Waals surface area contributed by atoms with Crippen LogP contribution in [0.4, 0.5) is 17.6 Å². The third-order valence-electron chi connectivity index (χ3n) is 3.04. The third-order valence-corrected chi connectivity index (χ3v) is 3.04. The van der Waals surface area contributed by atoms with E-state index < -0.39 is 42.6 Å². The average molecular weight is 386 g/mol. The Morgan fingerprint density at radius 1 is 0.852 bits per heavy atom. The Bertz CT molecular complexity index is 812. The fraction of sp³-hybridized carbons (Fsp3) is 0.176. The number of amides is 2. The van der Waals surface area contributed by atoms with E-state index in [1.807, 2.05) is 10.9 Å². The van der Waals surface area contributed by atoms with Crippen LogP contribution in [0.5, 0.6) is 11.5 Å². The van der Waals surface area contributed by atoms with Crippen LogP contribution in [0.15, 0.2) is 48.5 Å². The Morgan fingerprint density at radius 3 is 1.89 bits per heavy atom. The molecule has 144 valence electrons. The highest BCUT2D eigenvalue weighted by Gasteiger charge is 2.30. The number of rotatable bonds is 6. The molecule has 0 saturated heterocycles. The van der Waals surface area contributed by atoms with E-state index in [0.717, 1.165) is 24.3 Å². The Labute approximate surface area is 151 Å². The second-order valence-corrected chi connectivity index (χ2v) is 5.16. The van der Waals surface area contributed by atoms with E-state index in [1.165, 1.54) is 24.3 Å². The van der Waals surface area contributed by atoms with Gasteiger partial charge in [-0.1, -0.05) is 12.1 Å². The average Bonchev–Trinajstić information content (AvgIpc) is 2.62. The van der Waals surface area contributed by atoms with Crippen LogP contribution < -0.4 is 20.3 Å². The van der Waals surface area contributed by atoms with Gasteiger partial charge in [-0.25, -0.2) is 4.39 Å². The predicted octanol–water partition coefficient (Wildman–Crippen LogP) is 2.45. The zero-order chi connectivity index (χ0) is 19.9. The minimum atomic E-state index is -4.53. The number of alkyl halides is 3. The van der Waals surface area contributed by atoms with Crippen molar-refractivity contribution in [3.05, 3.63) is 59.9 Å². The Balaban J connectivity index is 1.72. The Hall–Kier alpha value is -3.30. The molecule has 6 nitrogen and oxygen atoms in total. The van der Waals surface area contributed by atoms with Gasteiger partial charge in [-0.05, 0) is 30.3 Å². The van der Waals surface area contributed by atoms with Gasteiger partial charge in [-0.3, -0.25) is 20.4 Å². The van der Waals surface area contributed by atoms with Crippen molar-refractivity contribution in [1.29, 1.82) is 0 Å². The van der Waals surface area contributed by atoms with Crippen LogP contribution in [-0.4, -0.2) is 25.0 Å². The minimum Gasteiger partial charge on any atom is -0.484 e. The van der Waals surface area contributed by atoms with E-state index in [-0.39, 0.29) is 11.5 Å². The van der Waals surface area contributed by atoms with Crippen molar-refractivity contribution < 1.29 is 36.6 Å². The lowest BCUT2D eigenvalue weighted by Gasteiger charge is -2.11. The van der Waals surface area contributed by atoms with Gasteiger partial charge in [0.2, 0.25) is 0 Å². The molecule has 27 heavy (non-hydrogen) atoms. The maximum absolute atomic E-state index is 12.9. The summed E-state index contributed by atoms with van der Waals surface area (Å²) in [4.78, 5) is 23.1. The molecule has 10 heteroatoms. The molecule has 0 spiro atoms. The molecule has 2 N–H and O–H groups in total. The summed E-state index contributed by atoms with van der Waals surface area (Å²) < 4.78 is 60.6. The van der Waals surface area contributed by atoms with Crippen molar-refractivity contribution in [2.45, 2.75) is 6.18 Å². The quantitative estimate of drug-likeness (QED) is 0.591. The number of benzene rings is 2. The van der Waals surface area contributed by atoms with Crippen molar-refractivity contribution in [2.75, 3.05) is 13.2 Å². The molecule has 0 heterocycles. The maximum Gasteiger partial charge on any atom is 0.416 e. The molecule has 2 aromatic carbocycles. The van der Waals surface area contributed by atoms with Crippen molar-refractivity contribution in [3.63, 3.8) is 0 Å². The Morgan fingerprint density at radius 2 is 1.37 bits per heavy atom. The summed E-state index contributed by atoms with van der Waals surface area (Å²) in [7, 11) is 0. The van der Waals surface area contributed by atoms with Gasteiger partial charge < -0.3 is 9.47 Å². The van der Waals surface area contributed by atoms with Crippen LogP contribution in [-0.2, 0) is 15.8 Å². The highest BCUT2D eigenvalue weighted by atomic mass is 19.4. The summed E-state index contributed by atoms with van der Waals surface area (Å²) in [5, 5.41) is 0. The van der Waals surface area contributed by atoms with Crippen LogP contribution in [0.3, 0.4) is 0 Å². The molecule has 0 radical (unpaired) electrons. The molecule has 0 aliphatic carbocycles. The molecular formula is C17H14F4N2O4. The van der Waals surface area contributed by atoms with E-state index >= 15 is 0 Å². The summed E-state index contributed by atoms with van der Waals surface area (Å²) in [5.74, 6) is -2.09. The largest absolute Gasteiger partial charge is 0.484 e. The topological polar surface area (TPSA) is 76.7 Å². The SMILES string of the molecule is O=C(COc1cccc(F)c1)NNC(=O)COc1cccc(C(F)(F)F)c1. The van der Waals surface area contributed by atoms with Crippen molar-refractivity contribution in [3.8, 4) is 11.5 Å². The third kappa shape index (κ3) is 6.84. The number of nitrogens with one attached hydrogen (secondary N) is 2. The number of halogens is 4. The fourth-order valence-electron chi connectivity index (χ4n) is 1.83. The highest BCUT2D eigenvalue weighted by Crippen LogP contribution is 2.31. The Kier molecular flexibility index (Phi) is 6.58. The van der Waals surface area contributed by atoms with Gasteiger partial charge in [-0.15, -0.1) is 0 Å². The molecule has 2 aromatic rings. The predicted molar refractivity (Wildman–Crippen MR) is 85.1 cm³/mol. The highest BCUT2D eigenvalue weighted by molar-refractivity contribution is 5.83. The number of hydrazine groups is 1. The molecule has 0 saturated carbocycles. The number of hydrogen-bond acceptors (Lipinski definition) is 4.